The lowest BCUT2D eigenvalue weighted by Crippen LogP contribution is -2.48. The average Bonchev–Trinajstić information content (AvgIpc) is 2.71. The molecule has 0 aromatic heterocycles. The van der Waals surface area contributed by atoms with E-state index in [9.17, 15) is 4.79 Å². The first kappa shape index (κ1) is 26.3. The van der Waals surface area contributed by atoms with Crippen molar-refractivity contribution in [2.45, 2.75) is 40.0 Å². The van der Waals surface area contributed by atoms with E-state index in [0.29, 0.717) is 32.8 Å². The number of rotatable bonds is 15. The Balaban J connectivity index is 0.00000326. The number of amides is 1. The Kier molecular flexibility index (Phi) is 19.5. The molecule has 7 heteroatoms. The maximum atomic E-state index is 11.4. The van der Waals surface area contributed by atoms with Crippen molar-refractivity contribution in [3.05, 3.63) is 0 Å². The fourth-order valence-electron chi connectivity index (χ4n) is 2.66. The van der Waals surface area contributed by atoms with E-state index in [2.05, 4.69) is 22.0 Å². The van der Waals surface area contributed by atoms with Crippen LogP contribution in [0.1, 0.15) is 40.0 Å². The van der Waals surface area contributed by atoms with Crippen molar-refractivity contribution < 1.29 is 19.0 Å². The first-order valence-electron chi connectivity index (χ1n) is 10.6. The lowest BCUT2D eigenvalue weighted by Gasteiger charge is -2.34. The summed E-state index contributed by atoms with van der Waals surface area (Å²) in [5, 5.41) is 2.86. The molecule has 1 heterocycles. The number of methoxy groups -OCH3 is 1. The first-order chi connectivity index (χ1) is 13.3. The summed E-state index contributed by atoms with van der Waals surface area (Å²) in [7, 11) is 1.75. The largest absolute Gasteiger partial charge is 0.383 e. The molecule has 1 fully saturated rings. The van der Waals surface area contributed by atoms with Crippen LogP contribution in [0.25, 0.3) is 0 Å². The molecule has 0 unspecified atom stereocenters. The smallest absolute Gasteiger partial charge is 0.220 e. The standard InChI is InChI=1S/C18H37N3O4.C2H6/c1-3-4-5-18(22)19-6-13-24-16-17-25-15-12-21-9-7-20(8-10-21)11-14-23-2;1-2/h3-17H2,1-2H3,(H,19,22);1-2H3. The van der Waals surface area contributed by atoms with E-state index >= 15 is 0 Å². The van der Waals surface area contributed by atoms with Gasteiger partial charge in [-0.25, -0.2) is 0 Å². The minimum absolute atomic E-state index is 0.115. The molecule has 1 aliphatic heterocycles. The van der Waals surface area contributed by atoms with Crippen molar-refractivity contribution in [3.63, 3.8) is 0 Å². The van der Waals surface area contributed by atoms with Gasteiger partial charge in [0.2, 0.25) is 5.91 Å². The van der Waals surface area contributed by atoms with Crippen LogP contribution in [0.5, 0.6) is 0 Å². The van der Waals surface area contributed by atoms with Crippen LogP contribution < -0.4 is 5.32 Å². The highest BCUT2D eigenvalue weighted by Crippen LogP contribution is 2.01. The third-order valence-electron chi connectivity index (χ3n) is 4.33. The Morgan fingerprint density at radius 1 is 0.889 bits per heavy atom. The molecule has 0 aliphatic carbocycles. The minimum atomic E-state index is 0.115. The molecular formula is C20H43N3O4. The maximum absolute atomic E-state index is 11.4. The fourth-order valence-corrected chi connectivity index (χ4v) is 2.66. The molecule has 0 bridgehead atoms. The van der Waals surface area contributed by atoms with Crippen molar-refractivity contribution in [1.82, 2.24) is 15.1 Å². The van der Waals surface area contributed by atoms with Crippen LogP contribution in [0.15, 0.2) is 0 Å². The van der Waals surface area contributed by atoms with Crippen molar-refractivity contribution in [1.29, 1.82) is 0 Å². The van der Waals surface area contributed by atoms with E-state index in [4.69, 9.17) is 14.2 Å². The van der Waals surface area contributed by atoms with Gasteiger partial charge >= 0.3 is 0 Å². The van der Waals surface area contributed by atoms with Crippen LogP contribution in [0, 0.1) is 0 Å². The predicted molar refractivity (Wildman–Crippen MR) is 110 cm³/mol. The third-order valence-corrected chi connectivity index (χ3v) is 4.33. The Labute approximate surface area is 166 Å². The number of carbonyl (C=O) groups is 1. The number of piperazine rings is 1. The summed E-state index contributed by atoms with van der Waals surface area (Å²) in [5.74, 6) is 0.115. The van der Waals surface area contributed by atoms with Gasteiger partial charge in [-0.15, -0.1) is 0 Å². The lowest BCUT2D eigenvalue weighted by atomic mass is 10.2. The summed E-state index contributed by atoms with van der Waals surface area (Å²) in [6, 6.07) is 0. The zero-order chi connectivity index (χ0) is 20.2. The number of ether oxygens (including phenoxy) is 3. The predicted octanol–water partition coefficient (Wildman–Crippen LogP) is 1.62. The fraction of sp³-hybridized carbons (Fsp3) is 0.950. The highest BCUT2D eigenvalue weighted by atomic mass is 16.5. The van der Waals surface area contributed by atoms with E-state index in [1.54, 1.807) is 7.11 Å². The summed E-state index contributed by atoms with van der Waals surface area (Å²) in [6.45, 7) is 16.4. The molecule has 0 aromatic carbocycles. The van der Waals surface area contributed by atoms with Gasteiger partial charge in [0.05, 0.1) is 33.0 Å². The van der Waals surface area contributed by atoms with Crippen LogP contribution in [-0.4, -0.2) is 102 Å². The number of unbranched alkanes of at least 4 members (excludes halogenated alkanes) is 1. The zero-order valence-corrected chi connectivity index (χ0v) is 18.1. The summed E-state index contributed by atoms with van der Waals surface area (Å²) in [6.07, 6.45) is 2.60. The van der Waals surface area contributed by atoms with Gasteiger partial charge in [-0.3, -0.25) is 14.6 Å². The number of nitrogens with zero attached hydrogens (tertiary/aromatic N) is 2. The van der Waals surface area contributed by atoms with Crippen LogP contribution in [-0.2, 0) is 19.0 Å². The average molecular weight is 390 g/mol. The molecule has 0 aromatic rings. The van der Waals surface area contributed by atoms with Gasteiger partial charge in [-0.2, -0.15) is 0 Å². The van der Waals surface area contributed by atoms with Crippen molar-refractivity contribution in [2.75, 3.05) is 86.0 Å². The molecule has 0 atom stereocenters. The second-order valence-corrected chi connectivity index (χ2v) is 6.35. The number of carbonyl (C=O) groups excluding carboxylic acids is 1. The first-order valence-corrected chi connectivity index (χ1v) is 10.6. The molecule has 0 saturated carbocycles. The number of hydrogen-bond acceptors (Lipinski definition) is 6. The van der Waals surface area contributed by atoms with E-state index in [-0.39, 0.29) is 5.91 Å². The highest BCUT2D eigenvalue weighted by Gasteiger charge is 2.15. The van der Waals surface area contributed by atoms with Gasteiger partial charge in [0.15, 0.2) is 0 Å². The summed E-state index contributed by atoms with van der Waals surface area (Å²) >= 11 is 0. The molecule has 162 valence electrons. The maximum Gasteiger partial charge on any atom is 0.220 e. The molecule has 1 rings (SSSR count). The molecular weight excluding hydrogens is 346 g/mol. The van der Waals surface area contributed by atoms with Gasteiger partial charge in [-0.1, -0.05) is 27.2 Å². The Morgan fingerprint density at radius 2 is 1.44 bits per heavy atom. The SMILES string of the molecule is CC.CCCCC(=O)NCCOCCOCCN1CCN(CCOC)CC1. The molecule has 1 aliphatic rings. The van der Waals surface area contributed by atoms with Crippen LogP contribution in [0.3, 0.4) is 0 Å². The lowest BCUT2D eigenvalue weighted by molar-refractivity contribution is -0.121. The Bertz CT molecular complexity index is 324. The van der Waals surface area contributed by atoms with Crippen molar-refractivity contribution in [3.8, 4) is 0 Å². The van der Waals surface area contributed by atoms with E-state index in [1.165, 1.54) is 0 Å². The van der Waals surface area contributed by atoms with Crippen LogP contribution in [0.4, 0.5) is 0 Å². The number of hydrogen-bond donors (Lipinski definition) is 1. The highest BCUT2D eigenvalue weighted by molar-refractivity contribution is 5.75. The minimum Gasteiger partial charge on any atom is -0.383 e. The van der Waals surface area contributed by atoms with Gasteiger partial charge in [-0.05, 0) is 6.42 Å². The van der Waals surface area contributed by atoms with Gasteiger partial charge in [0.25, 0.3) is 0 Å². The van der Waals surface area contributed by atoms with Crippen LogP contribution in [0.2, 0.25) is 0 Å². The summed E-state index contributed by atoms with van der Waals surface area (Å²) < 4.78 is 16.2. The van der Waals surface area contributed by atoms with Gasteiger partial charge < -0.3 is 19.5 Å². The monoisotopic (exact) mass is 389 g/mol. The molecule has 7 nitrogen and oxygen atoms in total. The Morgan fingerprint density at radius 3 is 2.00 bits per heavy atom. The van der Waals surface area contributed by atoms with E-state index < -0.39 is 0 Å². The second kappa shape index (κ2) is 20.0. The topological polar surface area (TPSA) is 63.3 Å². The molecule has 27 heavy (non-hydrogen) atoms. The van der Waals surface area contributed by atoms with Crippen LogP contribution >= 0.6 is 0 Å². The van der Waals surface area contributed by atoms with Crippen molar-refractivity contribution in [2.24, 2.45) is 0 Å². The Hall–Kier alpha value is -0.730. The van der Waals surface area contributed by atoms with E-state index in [0.717, 1.165) is 65.3 Å². The molecule has 1 N–H and O–H groups in total. The van der Waals surface area contributed by atoms with E-state index in [1.807, 2.05) is 13.8 Å². The molecule has 1 saturated heterocycles. The summed E-state index contributed by atoms with van der Waals surface area (Å²) in [4.78, 5) is 16.3. The van der Waals surface area contributed by atoms with Gasteiger partial charge in [0, 0.05) is 59.3 Å². The summed E-state index contributed by atoms with van der Waals surface area (Å²) in [5.41, 5.74) is 0. The normalized spacial score (nSPS) is 15.3. The number of nitrogens with one attached hydrogen (secondary N) is 1. The quantitative estimate of drug-likeness (QED) is 0.430. The third kappa shape index (κ3) is 16.0. The van der Waals surface area contributed by atoms with Gasteiger partial charge in [0.1, 0.15) is 0 Å². The molecule has 0 radical (unpaired) electrons. The zero-order valence-electron chi connectivity index (χ0n) is 18.1. The van der Waals surface area contributed by atoms with Crippen molar-refractivity contribution >= 4 is 5.91 Å². The second-order valence-electron chi connectivity index (χ2n) is 6.35. The molecule has 0 spiro atoms. The molecule has 1 amide bonds.